The smallest absolute Gasteiger partial charge is 0.326 e. The maximum absolute atomic E-state index is 12.7. The van der Waals surface area contributed by atoms with Crippen LogP contribution in [0.1, 0.15) is 29.6 Å². The van der Waals surface area contributed by atoms with Crippen molar-refractivity contribution in [2.45, 2.75) is 30.2 Å². The highest BCUT2D eigenvalue weighted by molar-refractivity contribution is 7.89. The molecule has 8 nitrogen and oxygen atoms in total. The number of hydrogen-bond acceptors (Lipinski definition) is 5. The summed E-state index contributed by atoms with van der Waals surface area (Å²) in [6, 6.07) is 3.14. The molecule has 1 atom stereocenters. The molecule has 0 saturated carbocycles. The summed E-state index contributed by atoms with van der Waals surface area (Å²) in [6.07, 6.45) is 1.84. The summed E-state index contributed by atoms with van der Waals surface area (Å²) < 4.78 is 31.4. The quantitative estimate of drug-likeness (QED) is 0.802. The Kier molecular flexibility index (Phi) is 5.45. The minimum absolute atomic E-state index is 0.106. The zero-order valence-electron chi connectivity index (χ0n) is 13.5. The number of rotatable bonds is 5. The third-order valence-corrected chi connectivity index (χ3v) is 5.45. The van der Waals surface area contributed by atoms with E-state index in [9.17, 15) is 23.1 Å². The number of carbonyl (C=O) groups excluding carboxylic acids is 1. The highest BCUT2D eigenvalue weighted by Crippen LogP contribution is 2.27. The molecule has 1 aromatic carbocycles. The van der Waals surface area contributed by atoms with Crippen LogP contribution >= 0.6 is 0 Å². The van der Waals surface area contributed by atoms with Gasteiger partial charge in [-0.15, -0.1) is 0 Å². The fourth-order valence-electron chi connectivity index (χ4n) is 2.73. The van der Waals surface area contributed by atoms with Crippen molar-refractivity contribution in [2.24, 2.45) is 0 Å². The minimum Gasteiger partial charge on any atom is -0.495 e. The van der Waals surface area contributed by atoms with Gasteiger partial charge in [-0.05, 0) is 44.5 Å². The van der Waals surface area contributed by atoms with Crippen LogP contribution in [0.15, 0.2) is 23.1 Å². The molecule has 1 saturated heterocycles. The maximum atomic E-state index is 12.7. The number of nitrogens with zero attached hydrogens (tertiary/aromatic N) is 1. The van der Waals surface area contributed by atoms with E-state index in [0.29, 0.717) is 19.4 Å². The number of nitrogens with one attached hydrogen (secondary N) is 1. The molecule has 2 N–H and O–H groups in total. The van der Waals surface area contributed by atoms with Gasteiger partial charge in [0.05, 0.1) is 7.11 Å². The molecule has 0 radical (unpaired) electrons. The Bertz CT molecular complexity index is 746. The van der Waals surface area contributed by atoms with Crippen molar-refractivity contribution >= 4 is 21.9 Å². The fraction of sp³-hybridized carbons (Fsp3) is 0.467. The van der Waals surface area contributed by atoms with Crippen molar-refractivity contribution in [1.29, 1.82) is 0 Å². The van der Waals surface area contributed by atoms with Crippen molar-refractivity contribution in [3.8, 4) is 5.75 Å². The molecular formula is C15H20N2O6S. The van der Waals surface area contributed by atoms with E-state index < -0.39 is 27.9 Å². The van der Waals surface area contributed by atoms with E-state index in [0.717, 1.165) is 6.42 Å². The fourth-order valence-corrected chi connectivity index (χ4v) is 3.65. The van der Waals surface area contributed by atoms with Gasteiger partial charge in [0.25, 0.3) is 5.91 Å². The Balaban J connectivity index is 2.43. The number of methoxy groups -OCH3 is 1. The maximum Gasteiger partial charge on any atom is 0.326 e. The van der Waals surface area contributed by atoms with Gasteiger partial charge >= 0.3 is 5.97 Å². The number of benzene rings is 1. The zero-order valence-corrected chi connectivity index (χ0v) is 14.3. The monoisotopic (exact) mass is 356 g/mol. The van der Waals surface area contributed by atoms with Crippen LogP contribution in [0, 0.1) is 0 Å². The summed E-state index contributed by atoms with van der Waals surface area (Å²) in [7, 11) is -1.23. The molecule has 0 aliphatic carbocycles. The summed E-state index contributed by atoms with van der Waals surface area (Å²) >= 11 is 0. The van der Waals surface area contributed by atoms with Gasteiger partial charge in [0, 0.05) is 12.1 Å². The van der Waals surface area contributed by atoms with E-state index in [-0.39, 0.29) is 16.2 Å². The number of amides is 1. The summed E-state index contributed by atoms with van der Waals surface area (Å²) in [4.78, 5) is 25.2. The molecule has 0 aromatic heterocycles. The van der Waals surface area contributed by atoms with Gasteiger partial charge in [0.2, 0.25) is 10.0 Å². The van der Waals surface area contributed by atoms with Gasteiger partial charge in [-0.25, -0.2) is 17.9 Å². The lowest BCUT2D eigenvalue weighted by Crippen LogP contribution is -2.48. The molecule has 1 aliphatic heterocycles. The number of sulfonamides is 1. The number of hydrogen-bond donors (Lipinski definition) is 2. The van der Waals surface area contributed by atoms with E-state index >= 15 is 0 Å². The lowest BCUT2D eigenvalue weighted by Gasteiger charge is -2.33. The Morgan fingerprint density at radius 1 is 1.33 bits per heavy atom. The second-order valence-electron chi connectivity index (χ2n) is 5.42. The van der Waals surface area contributed by atoms with E-state index in [1.807, 2.05) is 0 Å². The Morgan fingerprint density at radius 2 is 2.04 bits per heavy atom. The molecule has 2 rings (SSSR count). The van der Waals surface area contributed by atoms with Crippen LogP contribution in [0.5, 0.6) is 5.75 Å². The molecule has 1 aromatic rings. The van der Waals surface area contributed by atoms with Crippen molar-refractivity contribution < 1.29 is 27.9 Å². The molecule has 1 heterocycles. The van der Waals surface area contributed by atoms with Gasteiger partial charge in [0.1, 0.15) is 16.7 Å². The topological polar surface area (TPSA) is 113 Å². The first kappa shape index (κ1) is 18.2. The van der Waals surface area contributed by atoms with E-state index in [1.165, 1.54) is 37.3 Å². The molecule has 1 amide bonds. The Morgan fingerprint density at radius 3 is 2.62 bits per heavy atom. The predicted octanol–water partition coefficient (Wildman–Crippen LogP) is 0.683. The average Bonchev–Trinajstić information content (AvgIpc) is 2.60. The lowest BCUT2D eigenvalue weighted by atomic mass is 10.0. The zero-order chi connectivity index (χ0) is 17.9. The number of carboxylic acid groups (broad SMARTS) is 1. The number of carbonyl (C=O) groups is 2. The predicted molar refractivity (Wildman–Crippen MR) is 85.6 cm³/mol. The summed E-state index contributed by atoms with van der Waals surface area (Å²) in [5.41, 5.74) is 0.109. The second kappa shape index (κ2) is 7.18. The third kappa shape index (κ3) is 3.51. The lowest BCUT2D eigenvalue weighted by molar-refractivity contribution is -0.143. The molecule has 1 aliphatic rings. The molecule has 132 valence electrons. The number of carboxylic acids is 1. The number of likely N-dealkylation sites (tertiary alicyclic amines) is 1. The number of aliphatic carboxylic acids is 1. The third-order valence-electron chi connectivity index (χ3n) is 4.02. The van der Waals surface area contributed by atoms with Gasteiger partial charge in [0.15, 0.2) is 0 Å². The van der Waals surface area contributed by atoms with Crippen molar-refractivity contribution in [1.82, 2.24) is 9.62 Å². The van der Waals surface area contributed by atoms with Gasteiger partial charge < -0.3 is 14.7 Å². The molecular weight excluding hydrogens is 336 g/mol. The van der Waals surface area contributed by atoms with Gasteiger partial charge in [-0.3, -0.25) is 4.79 Å². The van der Waals surface area contributed by atoms with Crippen LogP contribution in [0.4, 0.5) is 0 Å². The highest BCUT2D eigenvalue weighted by Gasteiger charge is 2.33. The molecule has 24 heavy (non-hydrogen) atoms. The summed E-state index contributed by atoms with van der Waals surface area (Å²) in [5.74, 6) is -1.45. The van der Waals surface area contributed by atoms with Crippen LogP contribution < -0.4 is 9.46 Å². The Labute approximate surface area is 140 Å². The van der Waals surface area contributed by atoms with E-state index in [1.54, 1.807) is 0 Å². The summed E-state index contributed by atoms with van der Waals surface area (Å²) in [6.45, 7) is 0.329. The van der Waals surface area contributed by atoms with Crippen molar-refractivity contribution in [2.75, 3.05) is 20.7 Å². The normalized spacial score (nSPS) is 18.2. The first-order valence-corrected chi connectivity index (χ1v) is 8.95. The number of piperidine rings is 1. The summed E-state index contributed by atoms with van der Waals surface area (Å²) in [5, 5.41) is 9.29. The van der Waals surface area contributed by atoms with Crippen molar-refractivity contribution in [3.05, 3.63) is 23.8 Å². The first-order valence-electron chi connectivity index (χ1n) is 7.47. The average molecular weight is 356 g/mol. The second-order valence-corrected chi connectivity index (χ2v) is 7.28. The SMILES string of the molecule is CNS(=O)(=O)c1cc(C(=O)N2CCCC[C@H]2C(=O)O)ccc1OC. The van der Waals surface area contributed by atoms with Crippen molar-refractivity contribution in [3.63, 3.8) is 0 Å². The van der Waals surface area contributed by atoms with Gasteiger partial charge in [-0.1, -0.05) is 0 Å². The van der Waals surface area contributed by atoms with Crippen LogP contribution in [-0.2, 0) is 14.8 Å². The molecule has 1 fully saturated rings. The van der Waals surface area contributed by atoms with Crippen LogP contribution in [0.25, 0.3) is 0 Å². The van der Waals surface area contributed by atoms with E-state index in [4.69, 9.17) is 4.74 Å². The van der Waals surface area contributed by atoms with Crippen LogP contribution in [0.3, 0.4) is 0 Å². The van der Waals surface area contributed by atoms with Gasteiger partial charge in [-0.2, -0.15) is 0 Å². The van der Waals surface area contributed by atoms with Crippen LogP contribution in [-0.4, -0.2) is 57.0 Å². The number of ether oxygens (including phenoxy) is 1. The molecule has 0 bridgehead atoms. The minimum atomic E-state index is -3.82. The molecule has 9 heteroatoms. The highest BCUT2D eigenvalue weighted by atomic mass is 32.2. The molecule has 0 unspecified atom stereocenters. The first-order chi connectivity index (χ1) is 11.3. The Hall–Kier alpha value is -2.13. The standard InChI is InChI=1S/C15H20N2O6S/c1-16-24(21,22)13-9-10(6-7-12(13)23-2)14(18)17-8-4-3-5-11(17)15(19)20/h6-7,9,11,16H,3-5,8H2,1-2H3,(H,19,20)/t11-/m0/s1. The molecule has 0 spiro atoms. The largest absolute Gasteiger partial charge is 0.495 e. The van der Waals surface area contributed by atoms with E-state index in [2.05, 4.69) is 4.72 Å². The van der Waals surface area contributed by atoms with Crippen LogP contribution in [0.2, 0.25) is 0 Å².